The second-order valence-electron chi connectivity index (χ2n) is 4.32. The molecule has 0 aliphatic carbocycles. The van der Waals surface area contributed by atoms with Gasteiger partial charge >= 0.3 is 0 Å². The van der Waals surface area contributed by atoms with E-state index in [4.69, 9.17) is 9.47 Å². The number of aliphatic hydroxyl groups is 1. The largest absolute Gasteiger partial charge is 0.493 e. The SMILES string of the molecule is COc1ccc(CC(C)O)cc1OC1CSC1. The van der Waals surface area contributed by atoms with Gasteiger partial charge in [-0.3, -0.25) is 0 Å². The lowest BCUT2D eigenvalue weighted by atomic mass is 10.1. The van der Waals surface area contributed by atoms with Gasteiger partial charge in [0.25, 0.3) is 0 Å². The van der Waals surface area contributed by atoms with Crippen molar-refractivity contribution in [2.75, 3.05) is 18.6 Å². The molecule has 1 aliphatic rings. The van der Waals surface area contributed by atoms with Crippen LogP contribution in [0, 0.1) is 0 Å². The first kappa shape index (κ1) is 12.6. The fourth-order valence-corrected chi connectivity index (χ4v) is 2.31. The van der Waals surface area contributed by atoms with Gasteiger partial charge < -0.3 is 14.6 Å². The van der Waals surface area contributed by atoms with Crippen molar-refractivity contribution in [3.63, 3.8) is 0 Å². The van der Waals surface area contributed by atoms with Crippen LogP contribution in [0.1, 0.15) is 12.5 Å². The van der Waals surface area contributed by atoms with Gasteiger partial charge in [-0.05, 0) is 31.0 Å². The van der Waals surface area contributed by atoms with Crippen molar-refractivity contribution in [2.24, 2.45) is 0 Å². The van der Waals surface area contributed by atoms with Crippen LogP contribution in [0.15, 0.2) is 18.2 Å². The Bertz CT molecular complexity index is 375. The average Bonchev–Trinajstić information content (AvgIpc) is 2.23. The van der Waals surface area contributed by atoms with Crippen molar-refractivity contribution < 1.29 is 14.6 Å². The Labute approximate surface area is 106 Å². The molecule has 1 aromatic rings. The smallest absolute Gasteiger partial charge is 0.161 e. The summed E-state index contributed by atoms with van der Waals surface area (Å²) >= 11 is 1.89. The Morgan fingerprint density at radius 1 is 1.41 bits per heavy atom. The number of methoxy groups -OCH3 is 1. The first-order chi connectivity index (χ1) is 8.19. The molecule has 0 amide bonds. The molecule has 17 heavy (non-hydrogen) atoms. The van der Waals surface area contributed by atoms with Gasteiger partial charge in [0.2, 0.25) is 0 Å². The first-order valence-corrected chi connectivity index (χ1v) is 6.94. The Balaban J connectivity index is 2.13. The standard InChI is InChI=1S/C13H18O3S/c1-9(14)5-10-3-4-12(15-2)13(6-10)16-11-7-17-8-11/h3-4,6,9,11,14H,5,7-8H2,1-2H3. The predicted octanol–water partition coefficient (Wildman–Crippen LogP) is 2.11. The second-order valence-corrected chi connectivity index (χ2v) is 5.39. The zero-order valence-electron chi connectivity index (χ0n) is 10.2. The van der Waals surface area contributed by atoms with Crippen molar-refractivity contribution in [2.45, 2.75) is 25.6 Å². The van der Waals surface area contributed by atoms with Crippen LogP contribution in [-0.4, -0.2) is 35.9 Å². The fraction of sp³-hybridized carbons (Fsp3) is 0.538. The van der Waals surface area contributed by atoms with Crippen LogP contribution in [-0.2, 0) is 6.42 Å². The van der Waals surface area contributed by atoms with Crippen LogP contribution in [0.5, 0.6) is 11.5 Å². The van der Waals surface area contributed by atoms with E-state index in [1.54, 1.807) is 14.0 Å². The van der Waals surface area contributed by atoms with Gasteiger partial charge in [0.1, 0.15) is 6.10 Å². The lowest BCUT2D eigenvalue weighted by Gasteiger charge is -2.27. The van der Waals surface area contributed by atoms with Crippen LogP contribution in [0.25, 0.3) is 0 Å². The second kappa shape index (κ2) is 5.65. The van der Waals surface area contributed by atoms with Gasteiger partial charge in [-0.2, -0.15) is 11.8 Å². The van der Waals surface area contributed by atoms with E-state index in [-0.39, 0.29) is 6.10 Å². The Morgan fingerprint density at radius 3 is 2.71 bits per heavy atom. The third-order valence-corrected chi connectivity index (χ3v) is 3.88. The minimum atomic E-state index is -0.337. The summed E-state index contributed by atoms with van der Waals surface area (Å²) in [5.41, 5.74) is 1.07. The molecule has 2 rings (SSSR count). The Morgan fingerprint density at radius 2 is 2.18 bits per heavy atom. The van der Waals surface area contributed by atoms with E-state index in [1.807, 2.05) is 30.0 Å². The number of aliphatic hydroxyl groups excluding tert-OH is 1. The van der Waals surface area contributed by atoms with E-state index in [0.29, 0.717) is 12.5 Å². The highest BCUT2D eigenvalue weighted by atomic mass is 32.2. The van der Waals surface area contributed by atoms with Crippen LogP contribution >= 0.6 is 11.8 Å². The minimum Gasteiger partial charge on any atom is -0.493 e. The summed E-state index contributed by atoms with van der Waals surface area (Å²) in [6, 6.07) is 5.83. The molecule has 1 heterocycles. The Hall–Kier alpha value is -0.870. The molecule has 4 heteroatoms. The van der Waals surface area contributed by atoms with E-state index in [1.165, 1.54) is 0 Å². The summed E-state index contributed by atoms with van der Waals surface area (Å²) in [6.45, 7) is 1.79. The van der Waals surface area contributed by atoms with Gasteiger partial charge in [-0.15, -0.1) is 0 Å². The predicted molar refractivity (Wildman–Crippen MR) is 70.1 cm³/mol. The third-order valence-electron chi connectivity index (χ3n) is 2.66. The molecule has 1 aromatic carbocycles. The minimum absolute atomic E-state index is 0.302. The van der Waals surface area contributed by atoms with E-state index in [2.05, 4.69) is 0 Å². The molecule has 0 spiro atoms. The van der Waals surface area contributed by atoms with Gasteiger partial charge in [-0.1, -0.05) is 6.07 Å². The molecule has 1 fully saturated rings. The maximum absolute atomic E-state index is 9.39. The van der Waals surface area contributed by atoms with E-state index in [9.17, 15) is 5.11 Å². The van der Waals surface area contributed by atoms with Crippen LogP contribution in [0.3, 0.4) is 0 Å². The fourth-order valence-electron chi connectivity index (χ4n) is 1.74. The highest BCUT2D eigenvalue weighted by molar-refractivity contribution is 8.00. The van der Waals surface area contributed by atoms with E-state index >= 15 is 0 Å². The van der Waals surface area contributed by atoms with Gasteiger partial charge in [-0.25, -0.2) is 0 Å². The summed E-state index contributed by atoms with van der Waals surface area (Å²) in [5.74, 6) is 3.64. The Kier molecular flexibility index (Phi) is 4.18. The summed E-state index contributed by atoms with van der Waals surface area (Å²) in [7, 11) is 1.64. The monoisotopic (exact) mass is 254 g/mol. The number of rotatable bonds is 5. The molecular weight excluding hydrogens is 236 g/mol. The first-order valence-electron chi connectivity index (χ1n) is 5.78. The number of hydrogen-bond donors (Lipinski definition) is 1. The highest BCUT2D eigenvalue weighted by Crippen LogP contribution is 2.32. The maximum Gasteiger partial charge on any atom is 0.161 e. The molecule has 1 unspecified atom stereocenters. The molecule has 1 atom stereocenters. The normalized spacial score (nSPS) is 17.4. The molecule has 1 aliphatic heterocycles. The molecule has 0 radical (unpaired) electrons. The molecule has 0 saturated carbocycles. The highest BCUT2D eigenvalue weighted by Gasteiger charge is 2.21. The maximum atomic E-state index is 9.39. The number of benzene rings is 1. The van der Waals surface area contributed by atoms with Crippen molar-refractivity contribution >= 4 is 11.8 Å². The van der Waals surface area contributed by atoms with Gasteiger partial charge in [0.05, 0.1) is 13.2 Å². The van der Waals surface area contributed by atoms with E-state index < -0.39 is 0 Å². The van der Waals surface area contributed by atoms with Crippen molar-refractivity contribution in [3.05, 3.63) is 23.8 Å². The molecule has 0 bridgehead atoms. The number of thioether (sulfide) groups is 1. The molecule has 94 valence electrons. The van der Waals surface area contributed by atoms with Crippen molar-refractivity contribution in [1.82, 2.24) is 0 Å². The lowest BCUT2D eigenvalue weighted by molar-refractivity contribution is 0.195. The van der Waals surface area contributed by atoms with Crippen LogP contribution in [0.4, 0.5) is 0 Å². The summed E-state index contributed by atoms with van der Waals surface area (Å²) < 4.78 is 11.1. The molecule has 0 aromatic heterocycles. The van der Waals surface area contributed by atoms with Crippen molar-refractivity contribution in [3.8, 4) is 11.5 Å². The molecule has 1 N–H and O–H groups in total. The zero-order chi connectivity index (χ0) is 12.3. The topological polar surface area (TPSA) is 38.7 Å². The average molecular weight is 254 g/mol. The van der Waals surface area contributed by atoms with Crippen LogP contribution < -0.4 is 9.47 Å². The summed E-state index contributed by atoms with van der Waals surface area (Å²) in [4.78, 5) is 0. The molecular formula is C13H18O3S. The van der Waals surface area contributed by atoms with Crippen molar-refractivity contribution in [1.29, 1.82) is 0 Å². The molecule has 3 nitrogen and oxygen atoms in total. The number of ether oxygens (including phenoxy) is 2. The van der Waals surface area contributed by atoms with Crippen LogP contribution in [0.2, 0.25) is 0 Å². The van der Waals surface area contributed by atoms with Gasteiger partial charge in [0, 0.05) is 11.5 Å². The van der Waals surface area contributed by atoms with Gasteiger partial charge in [0.15, 0.2) is 11.5 Å². The number of hydrogen-bond acceptors (Lipinski definition) is 4. The quantitative estimate of drug-likeness (QED) is 0.873. The third kappa shape index (κ3) is 3.30. The zero-order valence-corrected chi connectivity index (χ0v) is 11.0. The summed E-state index contributed by atoms with van der Waals surface area (Å²) in [5, 5.41) is 9.39. The van der Waals surface area contributed by atoms with E-state index in [0.717, 1.165) is 28.6 Å². The summed E-state index contributed by atoms with van der Waals surface area (Å²) in [6.07, 6.45) is 0.603. The molecule has 1 saturated heterocycles. The lowest BCUT2D eigenvalue weighted by Crippen LogP contribution is -2.31.